The van der Waals surface area contributed by atoms with Crippen molar-refractivity contribution < 1.29 is 0 Å². The van der Waals surface area contributed by atoms with Gasteiger partial charge in [-0.3, -0.25) is 0 Å². The van der Waals surface area contributed by atoms with Gasteiger partial charge in [-0.15, -0.1) is 0 Å². The Bertz CT molecular complexity index is 2830. The van der Waals surface area contributed by atoms with Gasteiger partial charge in [0.25, 0.3) is 0 Å². The highest BCUT2D eigenvalue weighted by molar-refractivity contribution is 6.20. The van der Waals surface area contributed by atoms with Gasteiger partial charge in [-0.1, -0.05) is 127 Å². The third-order valence-corrected chi connectivity index (χ3v) is 9.64. The van der Waals surface area contributed by atoms with Crippen LogP contribution in [0.4, 0.5) is 0 Å². The highest BCUT2D eigenvalue weighted by atomic mass is 15.3. The molecule has 6 nitrogen and oxygen atoms in total. The number of hydrogen-bond donors (Lipinski definition) is 0. The molecule has 0 radical (unpaired) electrons. The topological polar surface area (TPSA) is 61.4 Å². The fourth-order valence-corrected chi connectivity index (χ4v) is 7.22. The summed E-state index contributed by atoms with van der Waals surface area (Å²) in [6.45, 7) is 0. The number of rotatable bonds is 6. The van der Waals surface area contributed by atoms with Gasteiger partial charge < -0.3 is 4.57 Å². The summed E-state index contributed by atoms with van der Waals surface area (Å²) in [5.74, 6) is 1.92. The van der Waals surface area contributed by atoms with Crippen LogP contribution in [0.1, 0.15) is 0 Å². The van der Waals surface area contributed by atoms with Crippen molar-refractivity contribution in [2.45, 2.75) is 0 Å². The van der Waals surface area contributed by atoms with Crippen molar-refractivity contribution in [3.63, 3.8) is 0 Å². The summed E-state index contributed by atoms with van der Waals surface area (Å²) in [4.78, 5) is 14.8. The number of hydrogen-bond acceptors (Lipinski definition) is 4. The smallest absolute Gasteiger partial charge is 0.164 e. The van der Waals surface area contributed by atoms with E-state index in [1.807, 2.05) is 89.7 Å². The second-order valence-corrected chi connectivity index (χ2v) is 12.8. The first-order valence-corrected chi connectivity index (χ1v) is 17.3. The van der Waals surface area contributed by atoms with E-state index in [-0.39, 0.29) is 0 Å². The van der Waals surface area contributed by atoms with E-state index in [1.165, 1.54) is 10.8 Å². The molecule has 10 rings (SSSR count). The lowest BCUT2D eigenvalue weighted by molar-refractivity contribution is 0.911. The van der Waals surface area contributed by atoms with Crippen molar-refractivity contribution in [3.05, 3.63) is 182 Å². The summed E-state index contributed by atoms with van der Waals surface area (Å²) in [7, 11) is 0. The van der Waals surface area contributed by atoms with Gasteiger partial charge in [0.05, 0.1) is 28.4 Å². The molecule has 0 bridgehead atoms. The lowest BCUT2D eigenvalue weighted by Gasteiger charge is -2.12. The van der Waals surface area contributed by atoms with Crippen LogP contribution in [0.25, 0.3) is 89.4 Å². The Morgan fingerprint density at radius 3 is 1.58 bits per heavy atom. The highest BCUT2D eigenvalue weighted by Gasteiger charge is 2.18. The van der Waals surface area contributed by atoms with Gasteiger partial charge in [-0.05, 0) is 59.7 Å². The molecule has 52 heavy (non-hydrogen) atoms. The number of benzene rings is 7. The first-order chi connectivity index (χ1) is 25.8. The van der Waals surface area contributed by atoms with E-state index < -0.39 is 0 Å². The molecule has 0 fully saturated rings. The van der Waals surface area contributed by atoms with Crippen LogP contribution in [0.2, 0.25) is 0 Å². The summed E-state index contributed by atoms with van der Waals surface area (Å²) in [5.41, 5.74) is 10.5. The summed E-state index contributed by atoms with van der Waals surface area (Å²) >= 11 is 0. The molecule has 0 aliphatic heterocycles. The molecule has 0 aliphatic carbocycles. The van der Waals surface area contributed by atoms with Crippen LogP contribution in [-0.2, 0) is 0 Å². The van der Waals surface area contributed by atoms with Gasteiger partial charge in [-0.25, -0.2) is 19.6 Å². The quantitative estimate of drug-likeness (QED) is 0.177. The molecule has 0 saturated carbocycles. The minimum absolute atomic E-state index is 0.633. The number of nitrogens with zero attached hydrogens (tertiary/aromatic N) is 6. The lowest BCUT2D eigenvalue weighted by Crippen LogP contribution is -2.00. The van der Waals surface area contributed by atoms with E-state index in [2.05, 4.69) is 102 Å². The molecule has 7 aromatic carbocycles. The van der Waals surface area contributed by atoms with Crippen LogP contribution in [0.15, 0.2) is 182 Å². The second-order valence-electron chi connectivity index (χ2n) is 12.8. The maximum absolute atomic E-state index is 4.97. The van der Waals surface area contributed by atoms with E-state index in [1.54, 1.807) is 0 Å². The van der Waals surface area contributed by atoms with Crippen molar-refractivity contribution in [3.8, 4) is 56.7 Å². The fourth-order valence-electron chi connectivity index (χ4n) is 7.22. The van der Waals surface area contributed by atoms with Gasteiger partial charge in [0.15, 0.2) is 17.5 Å². The predicted octanol–water partition coefficient (Wildman–Crippen LogP) is 11.0. The fraction of sp³-hybridized carbons (Fsp3) is 0. The van der Waals surface area contributed by atoms with Crippen molar-refractivity contribution in [2.24, 2.45) is 0 Å². The van der Waals surface area contributed by atoms with Crippen LogP contribution >= 0.6 is 0 Å². The summed E-state index contributed by atoms with van der Waals surface area (Å²) in [6.07, 6.45) is 2.00. The monoisotopic (exact) mass is 666 g/mol. The van der Waals surface area contributed by atoms with Crippen molar-refractivity contribution in [1.82, 2.24) is 29.3 Å². The SMILES string of the molecule is c1ccc(-c2nc(-c3ccccc3)nc(-c3cccc(-c4cccc(-n5c6ccccc6c6c7cnn(-c8ccccc8)c7ccc65)c4)c3)n2)cc1. The third kappa shape index (κ3) is 5.05. The zero-order valence-corrected chi connectivity index (χ0v) is 28.0. The normalized spacial score (nSPS) is 11.5. The molecule has 0 spiro atoms. The van der Waals surface area contributed by atoms with E-state index in [0.717, 1.165) is 61.1 Å². The van der Waals surface area contributed by atoms with Crippen molar-refractivity contribution in [2.75, 3.05) is 0 Å². The van der Waals surface area contributed by atoms with Crippen LogP contribution in [0, 0.1) is 0 Å². The van der Waals surface area contributed by atoms with E-state index >= 15 is 0 Å². The zero-order chi connectivity index (χ0) is 34.4. The molecule has 3 heterocycles. The molecule has 0 N–H and O–H groups in total. The highest BCUT2D eigenvalue weighted by Crippen LogP contribution is 2.38. The molecular weight excluding hydrogens is 637 g/mol. The molecule has 10 aromatic rings. The molecular formula is C46H30N6. The van der Waals surface area contributed by atoms with Crippen molar-refractivity contribution >= 4 is 32.7 Å². The van der Waals surface area contributed by atoms with Gasteiger partial charge in [-0.2, -0.15) is 5.10 Å². The Balaban J connectivity index is 1.10. The largest absolute Gasteiger partial charge is 0.309 e. The van der Waals surface area contributed by atoms with Crippen LogP contribution < -0.4 is 0 Å². The maximum atomic E-state index is 4.97. The molecule has 244 valence electrons. The zero-order valence-electron chi connectivity index (χ0n) is 28.0. The van der Waals surface area contributed by atoms with Gasteiger partial charge in [0.1, 0.15) is 0 Å². The standard InChI is InChI=1S/C46H30N6/c1-4-14-31(15-5-1)44-48-45(32-16-6-2-7-17-32)50-46(49-44)35-20-12-18-33(28-35)34-19-13-23-37(29-34)51-40-25-11-10-24-38(40)43-39-30-47-52(36-21-8-3-9-22-36)41(39)26-27-42(43)51/h1-30H. The predicted molar refractivity (Wildman–Crippen MR) is 211 cm³/mol. The Morgan fingerprint density at radius 1 is 0.346 bits per heavy atom. The minimum atomic E-state index is 0.633. The molecule has 0 atom stereocenters. The molecule has 3 aromatic heterocycles. The molecule has 6 heteroatoms. The van der Waals surface area contributed by atoms with Gasteiger partial charge in [0.2, 0.25) is 0 Å². The Kier molecular flexibility index (Phi) is 7.03. The molecule has 0 unspecified atom stereocenters. The summed E-state index contributed by atoms with van der Waals surface area (Å²) in [5, 5.41) is 8.35. The summed E-state index contributed by atoms with van der Waals surface area (Å²) in [6, 6.07) is 60.7. The number of aromatic nitrogens is 6. The van der Waals surface area contributed by atoms with Crippen LogP contribution in [-0.4, -0.2) is 29.3 Å². The van der Waals surface area contributed by atoms with Crippen LogP contribution in [0.3, 0.4) is 0 Å². The van der Waals surface area contributed by atoms with E-state index in [4.69, 9.17) is 20.1 Å². The molecule has 0 saturated heterocycles. The average Bonchev–Trinajstić information content (AvgIpc) is 3.81. The summed E-state index contributed by atoms with van der Waals surface area (Å²) < 4.78 is 4.38. The van der Waals surface area contributed by atoms with E-state index in [9.17, 15) is 0 Å². The van der Waals surface area contributed by atoms with Gasteiger partial charge >= 0.3 is 0 Å². The minimum Gasteiger partial charge on any atom is -0.309 e. The van der Waals surface area contributed by atoms with Gasteiger partial charge in [0, 0.05) is 38.5 Å². The Hall–Kier alpha value is -7.18. The van der Waals surface area contributed by atoms with E-state index in [0.29, 0.717) is 17.5 Å². The Morgan fingerprint density at radius 2 is 0.865 bits per heavy atom. The first-order valence-electron chi connectivity index (χ1n) is 17.3. The maximum Gasteiger partial charge on any atom is 0.164 e. The number of para-hydroxylation sites is 2. The second kappa shape index (κ2) is 12.3. The molecule has 0 amide bonds. The molecule has 0 aliphatic rings. The number of fused-ring (bicyclic) bond motifs is 5. The third-order valence-electron chi connectivity index (χ3n) is 9.64. The Labute approximate surface area is 300 Å². The van der Waals surface area contributed by atoms with Crippen LogP contribution in [0.5, 0.6) is 0 Å². The average molecular weight is 667 g/mol. The lowest BCUT2D eigenvalue weighted by atomic mass is 10.0. The van der Waals surface area contributed by atoms with Crippen molar-refractivity contribution in [1.29, 1.82) is 0 Å². The first kappa shape index (κ1) is 29.7.